The summed E-state index contributed by atoms with van der Waals surface area (Å²) in [6.07, 6.45) is 0. The maximum atomic E-state index is 12.7. The molecule has 0 spiro atoms. The van der Waals surface area contributed by atoms with E-state index in [4.69, 9.17) is 0 Å². The summed E-state index contributed by atoms with van der Waals surface area (Å²) in [5.41, 5.74) is 2.34. The number of hydrogen-bond donors (Lipinski definition) is 1. The first-order valence-corrected chi connectivity index (χ1v) is 9.26. The number of aryl methyl sites for hydroxylation is 1. The summed E-state index contributed by atoms with van der Waals surface area (Å²) in [4.78, 5) is 17.0. The fourth-order valence-corrected chi connectivity index (χ4v) is 3.71. The van der Waals surface area contributed by atoms with Gasteiger partial charge in [0.05, 0.1) is 5.69 Å². The number of carbonyl (C=O) groups excluding carboxylic acids is 1. The van der Waals surface area contributed by atoms with Gasteiger partial charge in [0.15, 0.2) is 5.13 Å². The molecular weight excluding hydrogens is 384 g/mol. The van der Waals surface area contributed by atoms with Crippen molar-refractivity contribution in [2.45, 2.75) is 6.61 Å². The third kappa shape index (κ3) is 3.46. The summed E-state index contributed by atoms with van der Waals surface area (Å²) in [6.45, 7) is -2.93. The first kappa shape index (κ1) is 18.1. The highest BCUT2D eigenvalue weighted by Gasteiger charge is 2.17. The zero-order valence-corrected chi connectivity index (χ0v) is 15.5. The van der Waals surface area contributed by atoms with E-state index in [2.05, 4.69) is 15.0 Å². The Morgan fingerprint density at radius 3 is 2.71 bits per heavy atom. The molecule has 2 aromatic heterocycles. The quantitative estimate of drug-likeness (QED) is 0.505. The summed E-state index contributed by atoms with van der Waals surface area (Å²) < 4.78 is 31.6. The molecule has 1 N–H and O–H groups in total. The lowest BCUT2D eigenvalue weighted by molar-refractivity contribution is -0.0494. The van der Waals surface area contributed by atoms with Gasteiger partial charge in [-0.3, -0.25) is 10.1 Å². The van der Waals surface area contributed by atoms with Gasteiger partial charge in [0, 0.05) is 28.9 Å². The number of amides is 1. The van der Waals surface area contributed by atoms with Crippen molar-refractivity contribution in [3.63, 3.8) is 0 Å². The Morgan fingerprint density at radius 1 is 1.18 bits per heavy atom. The largest absolute Gasteiger partial charge is 0.434 e. The van der Waals surface area contributed by atoms with E-state index < -0.39 is 6.61 Å². The molecule has 2 heterocycles. The predicted molar refractivity (Wildman–Crippen MR) is 105 cm³/mol. The Labute approximate surface area is 163 Å². The molecule has 4 aromatic rings. The first-order valence-electron chi connectivity index (χ1n) is 8.38. The minimum Gasteiger partial charge on any atom is -0.434 e. The van der Waals surface area contributed by atoms with Crippen molar-refractivity contribution >= 4 is 33.3 Å². The Balaban J connectivity index is 1.58. The molecule has 1 amide bonds. The molecule has 0 atom stereocenters. The van der Waals surface area contributed by atoms with Gasteiger partial charge in [-0.05, 0) is 24.3 Å². The Hall–Kier alpha value is -3.26. The number of anilines is 1. The van der Waals surface area contributed by atoms with Crippen LogP contribution in [0.3, 0.4) is 0 Å². The maximum Gasteiger partial charge on any atom is 0.387 e. The minimum atomic E-state index is -2.93. The third-order valence-corrected chi connectivity index (χ3v) is 5.05. The Kier molecular flexibility index (Phi) is 4.79. The highest BCUT2D eigenvalue weighted by Crippen LogP contribution is 2.33. The number of alkyl halides is 2. The van der Waals surface area contributed by atoms with Crippen LogP contribution in [-0.2, 0) is 7.05 Å². The Morgan fingerprint density at radius 2 is 1.93 bits per heavy atom. The van der Waals surface area contributed by atoms with Gasteiger partial charge in [-0.25, -0.2) is 4.98 Å². The average molecular weight is 399 g/mol. The van der Waals surface area contributed by atoms with E-state index in [1.54, 1.807) is 23.6 Å². The fraction of sp³-hybridized carbons (Fsp3) is 0.100. The number of nitrogens with one attached hydrogen (secondary N) is 1. The molecule has 0 saturated carbocycles. The molecule has 0 saturated heterocycles. The van der Waals surface area contributed by atoms with Crippen molar-refractivity contribution in [2.75, 3.05) is 5.32 Å². The predicted octanol–water partition coefficient (Wildman–Crippen LogP) is 5.16. The summed E-state index contributed by atoms with van der Waals surface area (Å²) in [7, 11) is 1.82. The number of benzene rings is 2. The van der Waals surface area contributed by atoms with Gasteiger partial charge in [0.2, 0.25) is 0 Å². The fourth-order valence-electron chi connectivity index (χ4n) is 3.00. The summed E-state index contributed by atoms with van der Waals surface area (Å²) >= 11 is 1.21. The number of fused-ring (bicyclic) bond motifs is 1. The SMILES string of the molecule is Cn1c(C(=O)Nc2nc(-c3ccccc3OC(F)F)cs2)cc2ccccc21. The highest BCUT2D eigenvalue weighted by atomic mass is 32.1. The molecule has 0 fully saturated rings. The van der Waals surface area contributed by atoms with Crippen LogP contribution >= 0.6 is 11.3 Å². The molecule has 0 unspecified atom stereocenters. The van der Waals surface area contributed by atoms with E-state index in [0.29, 0.717) is 22.1 Å². The van der Waals surface area contributed by atoms with E-state index in [-0.39, 0.29) is 11.7 Å². The van der Waals surface area contributed by atoms with Gasteiger partial charge in [0.1, 0.15) is 11.4 Å². The highest BCUT2D eigenvalue weighted by molar-refractivity contribution is 7.14. The van der Waals surface area contributed by atoms with Gasteiger partial charge in [-0.15, -0.1) is 11.3 Å². The zero-order valence-electron chi connectivity index (χ0n) is 14.7. The second kappa shape index (κ2) is 7.40. The van der Waals surface area contributed by atoms with Gasteiger partial charge < -0.3 is 9.30 Å². The van der Waals surface area contributed by atoms with Gasteiger partial charge >= 0.3 is 6.61 Å². The van der Waals surface area contributed by atoms with Gasteiger partial charge in [0.25, 0.3) is 5.91 Å². The summed E-state index contributed by atoms with van der Waals surface area (Å²) in [6, 6.07) is 15.9. The zero-order chi connectivity index (χ0) is 19.7. The number of aromatic nitrogens is 2. The number of halogens is 2. The molecule has 5 nitrogen and oxygen atoms in total. The standard InChI is InChI=1S/C20H15F2N3O2S/c1-25-15-8-4-2-6-12(15)10-16(25)18(26)24-20-23-14(11-28-20)13-7-3-5-9-17(13)27-19(21)22/h2-11,19H,1H3,(H,23,24,26). The van der Waals surface area contributed by atoms with E-state index in [1.807, 2.05) is 41.9 Å². The number of hydrogen-bond acceptors (Lipinski definition) is 4. The molecule has 0 bridgehead atoms. The van der Waals surface area contributed by atoms with Crippen molar-refractivity contribution in [1.82, 2.24) is 9.55 Å². The van der Waals surface area contributed by atoms with E-state index in [9.17, 15) is 13.6 Å². The van der Waals surface area contributed by atoms with Crippen LogP contribution < -0.4 is 10.1 Å². The third-order valence-electron chi connectivity index (χ3n) is 4.29. The van der Waals surface area contributed by atoms with E-state index >= 15 is 0 Å². The molecule has 142 valence electrons. The molecule has 8 heteroatoms. The van der Waals surface area contributed by atoms with Crippen molar-refractivity contribution in [3.05, 3.63) is 65.7 Å². The van der Waals surface area contributed by atoms with Crippen LogP contribution in [-0.4, -0.2) is 22.1 Å². The lowest BCUT2D eigenvalue weighted by atomic mass is 10.1. The molecular formula is C20H15F2N3O2S. The number of carbonyl (C=O) groups is 1. The topological polar surface area (TPSA) is 56.2 Å². The summed E-state index contributed by atoms with van der Waals surface area (Å²) in [5.74, 6) is -0.258. The van der Waals surface area contributed by atoms with Crippen LogP contribution in [0.25, 0.3) is 22.2 Å². The minimum absolute atomic E-state index is 0.0364. The van der Waals surface area contributed by atoms with Crippen LogP contribution in [0.2, 0.25) is 0 Å². The number of nitrogens with zero attached hydrogens (tertiary/aromatic N) is 2. The molecule has 0 radical (unpaired) electrons. The number of ether oxygens (including phenoxy) is 1. The second-order valence-electron chi connectivity index (χ2n) is 6.01. The molecule has 4 rings (SSSR count). The summed E-state index contributed by atoms with van der Waals surface area (Å²) in [5, 5.41) is 5.79. The van der Waals surface area contributed by atoms with Crippen molar-refractivity contribution in [1.29, 1.82) is 0 Å². The smallest absolute Gasteiger partial charge is 0.387 e. The monoisotopic (exact) mass is 399 g/mol. The normalized spacial score (nSPS) is 11.1. The van der Waals surface area contributed by atoms with E-state index in [0.717, 1.165) is 10.9 Å². The van der Waals surface area contributed by atoms with Crippen LogP contribution in [0.4, 0.5) is 13.9 Å². The van der Waals surface area contributed by atoms with Crippen molar-refractivity contribution in [3.8, 4) is 17.0 Å². The molecule has 28 heavy (non-hydrogen) atoms. The van der Waals surface area contributed by atoms with E-state index in [1.165, 1.54) is 17.4 Å². The lowest BCUT2D eigenvalue weighted by Gasteiger charge is -2.08. The molecule has 0 aliphatic carbocycles. The first-order chi connectivity index (χ1) is 13.5. The lowest BCUT2D eigenvalue weighted by Crippen LogP contribution is -2.15. The average Bonchev–Trinajstić information content (AvgIpc) is 3.27. The Bertz CT molecular complexity index is 1150. The molecule has 0 aliphatic rings. The van der Waals surface area contributed by atoms with Crippen LogP contribution in [0, 0.1) is 0 Å². The van der Waals surface area contributed by atoms with Crippen LogP contribution in [0.15, 0.2) is 60.0 Å². The van der Waals surface area contributed by atoms with Crippen LogP contribution in [0.1, 0.15) is 10.5 Å². The van der Waals surface area contributed by atoms with Crippen molar-refractivity contribution < 1.29 is 18.3 Å². The van der Waals surface area contributed by atoms with Crippen LogP contribution in [0.5, 0.6) is 5.75 Å². The molecule has 2 aromatic carbocycles. The maximum absolute atomic E-state index is 12.7. The second-order valence-corrected chi connectivity index (χ2v) is 6.87. The van der Waals surface area contributed by atoms with Gasteiger partial charge in [-0.1, -0.05) is 30.3 Å². The number of rotatable bonds is 5. The number of thiazole rings is 1. The van der Waals surface area contributed by atoms with Crippen molar-refractivity contribution in [2.24, 2.45) is 7.05 Å². The molecule has 0 aliphatic heterocycles. The number of para-hydroxylation sites is 2. The van der Waals surface area contributed by atoms with Gasteiger partial charge in [-0.2, -0.15) is 8.78 Å².